The van der Waals surface area contributed by atoms with Crippen LogP contribution in [0.15, 0.2) is 73.2 Å². The second-order valence-electron chi connectivity index (χ2n) is 7.58. The van der Waals surface area contributed by atoms with Gasteiger partial charge in [-0.3, -0.25) is 9.89 Å². The van der Waals surface area contributed by atoms with E-state index in [1.54, 1.807) is 71.8 Å². The van der Waals surface area contributed by atoms with Crippen LogP contribution in [0.3, 0.4) is 0 Å². The first-order valence-electron chi connectivity index (χ1n) is 10.2. The number of benzene rings is 3. The normalized spacial score (nSPS) is 10.9. The monoisotopic (exact) mass is 470 g/mol. The Morgan fingerprint density at radius 3 is 2.79 bits per heavy atom. The Morgan fingerprint density at radius 1 is 1.12 bits per heavy atom. The van der Waals surface area contributed by atoms with E-state index in [9.17, 15) is 9.18 Å². The smallest absolute Gasteiger partial charge is 0.251 e. The first kappa shape index (κ1) is 21.4. The molecule has 0 saturated heterocycles. The third-order valence-corrected chi connectivity index (χ3v) is 5.73. The summed E-state index contributed by atoms with van der Waals surface area (Å²) >= 11 is 6.13. The quantitative estimate of drug-likeness (QED) is 0.324. The van der Waals surface area contributed by atoms with E-state index in [4.69, 9.17) is 18.2 Å². The zero-order chi connectivity index (χ0) is 23.7. The number of amides is 1. The van der Waals surface area contributed by atoms with Gasteiger partial charge in [0.05, 0.1) is 30.2 Å². The highest BCUT2D eigenvalue weighted by atomic mass is 35.5. The molecule has 2 heterocycles. The highest BCUT2D eigenvalue weighted by molar-refractivity contribution is 6.33. The largest absolute Gasteiger partial charge is 0.348 e. The molecule has 0 fully saturated rings. The summed E-state index contributed by atoms with van der Waals surface area (Å²) in [6, 6.07) is 15.0. The van der Waals surface area contributed by atoms with Gasteiger partial charge in [-0.1, -0.05) is 29.8 Å². The van der Waals surface area contributed by atoms with Crippen molar-refractivity contribution >= 4 is 34.1 Å². The highest BCUT2D eigenvalue weighted by Crippen LogP contribution is 2.30. The second-order valence-corrected chi connectivity index (χ2v) is 7.99. The number of halogens is 2. The molecule has 9 heteroatoms. The molecule has 3 aromatic carbocycles. The Labute approximate surface area is 198 Å². The van der Waals surface area contributed by atoms with Gasteiger partial charge in [0.25, 0.3) is 5.91 Å². The molecule has 0 aliphatic heterocycles. The standard InChI is InChI=1S/C25H16ClFN6O/c1-28-24-7-3-15(9-21(24)26)19-13-31-33(14-19)20-5-2-17(22(27)10-20)11-29-25(34)16-4-6-23-18(8-16)12-30-32-23/h2-10,12-14H,11H2,(H,29,34)(H,30,32). The molecule has 0 aliphatic rings. The lowest BCUT2D eigenvalue weighted by Crippen LogP contribution is -2.23. The lowest BCUT2D eigenvalue weighted by atomic mass is 10.1. The van der Waals surface area contributed by atoms with Crippen molar-refractivity contribution in [3.05, 3.63) is 107 Å². The van der Waals surface area contributed by atoms with Crippen molar-refractivity contribution in [1.29, 1.82) is 0 Å². The predicted molar refractivity (Wildman–Crippen MR) is 127 cm³/mol. The van der Waals surface area contributed by atoms with Crippen LogP contribution in [0.25, 0.3) is 32.6 Å². The molecule has 5 aromatic rings. The van der Waals surface area contributed by atoms with Crippen molar-refractivity contribution < 1.29 is 9.18 Å². The fourth-order valence-corrected chi connectivity index (χ4v) is 3.80. The number of H-pyrrole nitrogens is 1. The summed E-state index contributed by atoms with van der Waals surface area (Å²) in [7, 11) is 0. The van der Waals surface area contributed by atoms with Crippen LogP contribution in [0.2, 0.25) is 5.02 Å². The fraction of sp³-hybridized carbons (Fsp3) is 0.0400. The van der Waals surface area contributed by atoms with Gasteiger partial charge in [-0.15, -0.1) is 0 Å². The molecule has 0 bridgehead atoms. The van der Waals surface area contributed by atoms with Crippen LogP contribution >= 0.6 is 11.6 Å². The van der Waals surface area contributed by atoms with Crippen LogP contribution in [-0.4, -0.2) is 25.9 Å². The van der Waals surface area contributed by atoms with Gasteiger partial charge in [0, 0.05) is 39.8 Å². The van der Waals surface area contributed by atoms with Crippen LogP contribution in [0.1, 0.15) is 15.9 Å². The first-order valence-corrected chi connectivity index (χ1v) is 10.6. The molecule has 5 rings (SSSR count). The Balaban J connectivity index is 1.29. The lowest BCUT2D eigenvalue weighted by molar-refractivity contribution is 0.0950. The maximum atomic E-state index is 14.8. The number of carbonyl (C=O) groups is 1. The molecule has 0 aliphatic carbocycles. The summed E-state index contributed by atoms with van der Waals surface area (Å²) in [6.45, 7) is 7.14. The number of fused-ring (bicyclic) bond motifs is 1. The van der Waals surface area contributed by atoms with Gasteiger partial charge < -0.3 is 5.32 Å². The van der Waals surface area contributed by atoms with Crippen molar-refractivity contribution in [3.63, 3.8) is 0 Å². The molecule has 0 spiro atoms. The second kappa shape index (κ2) is 8.81. The predicted octanol–water partition coefficient (Wildman–Crippen LogP) is 5.69. The van der Waals surface area contributed by atoms with E-state index in [0.29, 0.717) is 27.5 Å². The minimum atomic E-state index is -0.454. The number of nitrogens with one attached hydrogen (secondary N) is 2. The molecule has 0 atom stereocenters. The van der Waals surface area contributed by atoms with E-state index >= 15 is 0 Å². The fourth-order valence-electron chi connectivity index (χ4n) is 3.57. The molecule has 0 radical (unpaired) electrons. The number of aromatic nitrogens is 4. The van der Waals surface area contributed by atoms with Crippen LogP contribution in [0.5, 0.6) is 0 Å². The lowest BCUT2D eigenvalue weighted by Gasteiger charge is -2.09. The maximum absolute atomic E-state index is 14.8. The van der Waals surface area contributed by atoms with Crippen molar-refractivity contribution in [2.24, 2.45) is 0 Å². The van der Waals surface area contributed by atoms with Crippen molar-refractivity contribution in [2.45, 2.75) is 6.54 Å². The number of carbonyl (C=O) groups excluding carboxylic acids is 1. The van der Waals surface area contributed by atoms with Gasteiger partial charge in [-0.05, 0) is 42.0 Å². The van der Waals surface area contributed by atoms with Crippen LogP contribution in [0, 0.1) is 12.4 Å². The van der Waals surface area contributed by atoms with E-state index in [0.717, 1.165) is 22.0 Å². The van der Waals surface area contributed by atoms with E-state index < -0.39 is 5.82 Å². The van der Waals surface area contributed by atoms with Crippen LogP contribution in [-0.2, 0) is 6.54 Å². The molecular weight excluding hydrogens is 455 g/mol. The van der Waals surface area contributed by atoms with Crippen LogP contribution < -0.4 is 5.32 Å². The molecule has 7 nitrogen and oxygen atoms in total. The average Bonchev–Trinajstić information content (AvgIpc) is 3.52. The first-order chi connectivity index (χ1) is 16.5. The Hall–Kier alpha value is -4.48. The molecule has 2 aromatic heterocycles. The number of aromatic amines is 1. The summed E-state index contributed by atoms with van der Waals surface area (Å²) in [5.41, 5.74) is 4.16. The van der Waals surface area contributed by atoms with Gasteiger partial charge in [0.15, 0.2) is 0 Å². The van der Waals surface area contributed by atoms with Crippen LogP contribution in [0.4, 0.5) is 10.1 Å². The van der Waals surface area contributed by atoms with Gasteiger partial charge in [-0.2, -0.15) is 10.2 Å². The zero-order valence-corrected chi connectivity index (χ0v) is 18.3. The molecule has 0 unspecified atom stereocenters. The summed E-state index contributed by atoms with van der Waals surface area (Å²) in [5, 5.41) is 15.0. The summed E-state index contributed by atoms with van der Waals surface area (Å²) < 4.78 is 16.3. The molecular formula is C25H16ClFN6O. The van der Waals surface area contributed by atoms with Gasteiger partial charge in [-0.25, -0.2) is 13.9 Å². The van der Waals surface area contributed by atoms with E-state index in [1.807, 2.05) is 0 Å². The van der Waals surface area contributed by atoms with Gasteiger partial charge in [0.1, 0.15) is 5.82 Å². The summed E-state index contributed by atoms with van der Waals surface area (Å²) in [4.78, 5) is 15.8. The molecule has 0 saturated carbocycles. The van der Waals surface area contributed by atoms with Gasteiger partial charge in [0.2, 0.25) is 5.69 Å². The van der Waals surface area contributed by atoms with E-state index in [-0.39, 0.29) is 12.5 Å². The Bertz CT molecular complexity index is 1580. The van der Waals surface area contributed by atoms with Crippen molar-refractivity contribution in [1.82, 2.24) is 25.3 Å². The van der Waals surface area contributed by atoms with E-state index in [1.165, 1.54) is 6.07 Å². The molecule has 166 valence electrons. The third-order valence-electron chi connectivity index (χ3n) is 5.43. The molecule has 1 amide bonds. The molecule has 34 heavy (non-hydrogen) atoms. The summed E-state index contributed by atoms with van der Waals surface area (Å²) in [5.74, 6) is -0.754. The third kappa shape index (κ3) is 4.12. The average molecular weight is 471 g/mol. The number of hydrogen-bond donors (Lipinski definition) is 2. The van der Waals surface area contributed by atoms with E-state index in [2.05, 4.69) is 25.5 Å². The van der Waals surface area contributed by atoms with Gasteiger partial charge >= 0.3 is 0 Å². The molecule has 2 N–H and O–H groups in total. The number of hydrogen-bond acceptors (Lipinski definition) is 3. The minimum Gasteiger partial charge on any atom is -0.348 e. The highest BCUT2D eigenvalue weighted by Gasteiger charge is 2.11. The Morgan fingerprint density at radius 2 is 2.00 bits per heavy atom. The Kier molecular flexibility index (Phi) is 5.54. The van der Waals surface area contributed by atoms with Crippen molar-refractivity contribution in [3.8, 4) is 16.8 Å². The summed E-state index contributed by atoms with van der Waals surface area (Å²) in [6.07, 6.45) is 5.04. The SMILES string of the molecule is [C-]#[N+]c1ccc(-c2cnn(-c3ccc(CNC(=O)c4ccc5[nH]ncc5c4)c(F)c3)c2)cc1Cl. The maximum Gasteiger partial charge on any atom is 0.251 e. The zero-order valence-electron chi connectivity index (χ0n) is 17.6. The minimum absolute atomic E-state index is 0.0463. The number of rotatable bonds is 5. The topological polar surface area (TPSA) is 80.0 Å². The number of nitrogens with zero attached hydrogens (tertiary/aromatic N) is 4. The van der Waals surface area contributed by atoms with Crippen molar-refractivity contribution in [2.75, 3.05) is 0 Å².